The molecule has 7 heteroatoms. The molecule has 4 nitrogen and oxygen atoms in total. The Balaban J connectivity index is 3.51. The van der Waals surface area contributed by atoms with Gasteiger partial charge in [-0.1, -0.05) is 0 Å². The normalized spacial score (nSPS) is 10.9. The highest BCUT2D eigenvalue weighted by molar-refractivity contribution is 5.79. The van der Waals surface area contributed by atoms with Gasteiger partial charge in [0, 0.05) is 12.5 Å². The number of carbonyl (C=O) groups is 2. The number of hydrogen-bond acceptors (Lipinski definition) is 4. The van der Waals surface area contributed by atoms with E-state index in [0.29, 0.717) is 6.07 Å². The lowest BCUT2D eigenvalue weighted by Crippen LogP contribution is -2.13. The van der Waals surface area contributed by atoms with Crippen molar-refractivity contribution in [3.05, 3.63) is 23.3 Å². The van der Waals surface area contributed by atoms with Crippen molar-refractivity contribution in [1.82, 2.24) is 0 Å². The molecular formula is C11H9F3O4. The highest BCUT2D eigenvalue weighted by atomic mass is 19.4. The summed E-state index contributed by atoms with van der Waals surface area (Å²) in [7, 11) is 1.11. The quantitative estimate of drug-likeness (QED) is 0.477. The van der Waals surface area contributed by atoms with Gasteiger partial charge in [-0.05, 0) is 12.1 Å². The molecule has 18 heavy (non-hydrogen) atoms. The Morgan fingerprint density at radius 1 is 1.33 bits per heavy atom. The average Bonchev–Trinajstić information content (AvgIpc) is 2.26. The molecule has 0 N–H and O–H groups in total. The number of benzene rings is 1. The van der Waals surface area contributed by atoms with Crippen LogP contribution in [-0.2, 0) is 11.0 Å². The molecule has 0 atom stereocenters. The first-order valence-electron chi connectivity index (χ1n) is 4.72. The molecule has 0 unspecified atom stereocenters. The summed E-state index contributed by atoms with van der Waals surface area (Å²) >= 11 is 0. The van der Waals surface area contributed by atoms with Gasteiger partial charge in [-0.3, -0.25) is 9.59 Å². The summed E-state index contributed by atoms with van der Waals surface area (Å²) in [5.41, 5.74) is -1.46. The summed E-state index contributed by atoms with van der Waals surface area (Å²) in [6.45, 7) is 0.966. The van der Waals surface area contributed by atoms with Crippen molar-refractivity contribution in [2.24, 2.45) is 0 Å². The fourth-order valence-corrected chi connectivity index (χ4v) is 1.30. The van der Waals surface area contributed by atoms with Crippen LogP contribution >= 0.6 is 0 Å². The van der Waals surface area contributed by atoms with E-state index >= 15 is 0 Å². The summed E-state index contributed by atoms with van der Waals surface area (Å²) in [5.74, 6) is -2.00. The van der Waals surface area contributed by atoms with Gasteiger partial charge >= 0.3 is 12.1 Å². The van der Waals surface area contributed by atoms with Crippen LogP contribution in [0.1, 0.15) is 22.8 Å². The van der Waals surface area contributed by atoms with Crippen LogP contribution in [0.5, 0.6) is 11.5 Å². The number of rotatable bonds is 3. The predicted octanol–water partition coefficient (Wildman–Crippen LogP) is 2.45. The first-order chi connectivity index (χ1) is 8.29. The number of methoxy groups -OCH3 is 1. The summed E-state index contributed by atoms with van der Waals surface area (Å²) in [6.07, 6.45) is -4.52. The molecule has 1 rings (SSSR count). The molecule has 98 valence electrons. The Bertz CT molecular complexity index is 480. The molecule has 0 heterocycles. The molecule has 0 aliphatic rings. The molecule has 1 aromatic rings. The molecule has 1 aromatic carbocycles. The second-order valence-corrected chi connectivity index (χ2v) is 3.31. The van der Waals surface area contributed by atoms with Crippen LogP contribution in [0, 0.1) is 0 Å². The number of carbonyl (C=O) groups excluding carboxylic acids is 2. The number of ether oxygens (including phenoxy) is 2. The fourth-order valence-electron chi connectivity index (χ4n) is 1.30. The summed E-state index contributed by atoms with van der Waals surface area (Å²) < 4.78 is 47.5. The minimum absolute atomic E-state index is 0.227. The van der Waals surface area contributed by atoms with Crippen molar-refractivity contribution in [1.29, 1.82) is 0 Å². The highest BCUT2D eigenvalue weighted by Crippen LogP contribution is 2.42. The fraction of sp³-hybridized carbons (Fsp3) is 0.273. The van der Waals surface area contributed by atoms with E-state index in [2.05, 4.69) is 9.47 Å². The van der Waals surface area contributed by atoms with E-state index in [1.807, 2.05) is 0 Å². The summed E-state index contributed by atoms with van der Waals surface area (Å²) in [4.78, 5) is 21.4. The van der Waals surface area contributed by atoms with E-state index in [4.69, 9.17) is 0 Å². The van der Waals surface area contributed by atoms with Gasteiger partial charge in [0.25, 0.3) is 0 Å². The van der Waals surface area contributed by atoms with Gasteiger partial charge in [-0.15, -0.1) is 0 Å². The smallest absolute Gasteiger partial charge is 0.420 e. The van der Waals surface area contributed by atoms with Gasteiger partial charge in [-0.25, -0.2) is 0 Å². The number of alkyl halides is 3. The number of aldehydes is 1. The first-order valence-corrected chi connectivity index (χ1v) is 4.72. The Hall–Kier alpha value is -2.05. The van der Waals surface area contributed by atoms with Gasteiger partial charge in [0.05, 0.1) is 7.11 Å². The molecule has 0 aliphatic heterocycles. The van der Waals surface area contributed by atoms with Crippen LogP contribution in [0.2, 0.25) is 0 Å². The van der Waals surface area contributed by atoms with Crippen LogP contribution in [0.25, 0.3) is 0 Å². The molecule has 0 saturated carbocycles. The van der Waals surface area contributed by atoms with Crippen LogP contribution < -0.4 is 9.47 Å². The minimum Gasteiger partial charge on any atom is -0.493 e. The Labute approximate surface area is 100 Å². The van der Waals surface area contributed by atoms with Gasteiger partial charge in [-0.2, -0.15) is 13.2 Å². The van der Waals surface area contributed by atoms with Crippen LogP contribution in [-0.4, -0.2) is 19.4 Å². The average molecular weight is 262 g/mol. The zero-order valence-electron chi connectivity index (χ0n) is 9.50. The van der Waals surface area contributed by atoms with Gasteiger partial charge in [0.1, 0.15) is 11.8 Å². The third kappa shape index (κ3) is 2.99. The molecule has 0 fully saturated rings. The zero-order chi connectivity index (χ0) is 13.9. The van der Waals surface area contributed by atoms with Crippen LogP contribution in [0.4, 0.5) is 13.2 Å². The van der Waals surface area contributed by atoms with E-state index in [1.165, 1.54) is 0 Å². The topological polar surface area (TPSA) is 52.6 Å². The molecular weight excluding hydrogens is 253 g/mol. The van der Waals surface area contributed by atoms with Crippen molar-refractivity contribution < 1.29 is 32.2 Å². The second kappa shape index (κ2) is 5.07. The van der Waals surface area contributed by atoms with Crippen molar-refractivity contribution >= 4 is 12.3 Å². The molecule has 0 aromatic heterocycles. The number of hydrogen-bond donors (Lipinski definition) is 0. The minimum atomic E-state index is -4.77. The SMILES string of the molecule is COc1cc(C=O)cc(C(F)(F)F)c1OC(C)=O. The predicted molar refractivity (Wildman–Crippen MR) is 54.7 cm³/mol. The van der Waals surface area contributed by atoms with Crippen LogP contribution in [0.15, 0.2) is 12.1 Å². The standard InChI is InChI=1S/C11H9F3O4/c1-6(16)18-10-8(11(12,13)14)3-7(5-15)4-9(10)17-2/h3-5H,1-2H3. The van der Waals surface area contributed by atoms with Gasteiger partial charge in [0.15, 0.2) is 11.5 Å². The molecule has 0 radical (unpaired) electrons. The van der Waals surface area contributed by atoms with Crippen LogP contribution in [0.3, 0.4) is 0 Å². The lowest BCUT2D eigenvalue weighted by atomic mass is 10.1. The van der Waals surface area contributed by atoms with Crippen molar-refractivity contribution in [3.8, 4) is 11.5 Å². The maximum atomic E-state index is 12.8. The lowest BCUT2D eigenvalue weighted by Gasteiger charge is -2.15. The Morgan fingerprint density at radius 3 is 2.33 bits per heavy atom. The largest absolute Gasteiger partial charge is 0.493 e. The lowest BCUT2D eigenvalue weighted by molar-refractivity contribution is -0.141. The number of esters is 1. The van der Waals surface area contributed by atoms with Gasteiger partial charge in [0.2, 0.25) is 0 Å². The third-order valence-corrected chi connectivity index (χ3v) is 1.98. The summed E-state index contributed by atoms with van der Waals surface area (Å²) in [5, 5.41) is 0. The highest BCUT2D eigenvalue weighted by Gasteiger charge is 2.37. The maximum absolute atomic E-state index is 12.8. The van der Waals surface area contributed by atoms with E-state index in [-0.39, 0.29) is 17.6 Å². The monoisotopic (exact) mass is 262 g/mol. The van der Waals surface area contributed by atoms with E-state index in [0.717, 1.165) is 20.1 Å². The van der Waals surface area contributed by atoms with E-state index in [1.54, 1.807) is 0 Å². The summed E-state index contributed by atoms with van der Waals surface area (Å²) in [6, 6.07) is 1.65. The van der Waals surface area contributed by atoms with E-state index in [9.17, 15) is 22.8 Å². The molecule has 0 aliphatic carbocycles. The van der Waals surface area contributed by atoms with Gasteiger partial charge < -0.3 is 9.47 Å². The van der Waals surface area contributed by atoms with Crippen molar-refractivity contribution in [2.75, 3.05) is 7.11 Å². The van der Waals surface area contributed by atoms with Crippen molar-refractivity contribution in [3.63, 3.8) is 0 Å². The number of halogens is 3. The third-order valence-electron chi connectivity index (χ3n) is 1.98. The maximum Gasteiger partial charge on any atom is 0.420 e. The first kappa shape index (κ1) is 14.0. The van der Waals surface area contributed by atoms with E-state index < -0.39 is 23.5 Å². The molecule has 0 bridgehead atoms. The molecule has 0 amide bonds. The Kier molecular flexibility index (Phi) is 3.95. The molecule has 0 spiro atoms. The Morgan fingerprint density at radius 2 is 1.94 bits per heavy atom. The molecule has 0 saturated heterocycles. The van der Waals surface area contributed by atoms with Crippen molar-refractivity contribution in [2.45, 2.75) is 13.1 Å². The zero-order valence-corrected chi connectivity index (χ0v) is 9.50. The second-order valence-electron chi connectivity index (χ2n) is 3.31.